The Labute approximate surface area is 156 Å². The van der Waals surface area contributed by atoms with Gasteiger partial charge in [-0.25, -0.2) is 0 Å². The Bertz CT molecular complexity index is 741. The topological polar surface area (TPSA) is 49.4 Å². The van der Waals surface area contributed by atoms with Crippen molar-refractivity contribution >= 4 is 11.8 Å². The standard InChI is InChI=1S/C22H28N2O2/c1-16(2)23-22(26)18(4)24(15-19-10-6-5-7-11-19)21(25)14-20-12-8-9-17(3)13-20/h5-13,16,18H,14-15H2,1-4H3,(H,23,26)/t18-/m1/s1. The van der Waals surface area contributed by atoms with Crippen molar-refractivity contribution in [3.8, 4) is 0 Å². The molecular formula is C22H28N2O2. The maximum atomic E-state index is 13.0. The van der Waals surface area contributed by atoms with E-state index < -0.39 is 6.04 Å². The van der Waals surface area contributed by atoms with Gasteiger partial charge in [0.05, 0.1) is 6.42 Å². The summed E-state index contributed by atoms with van der Waals surface area (Å²) in [5.74, 6) is -0.181. The summed E-state index contributed by atoms with van der Waals surface area (Å²) in [6.07, 6.45) is 0.286. The van der Waals surface area contributed by atoms with E-state index >= 15 is 0 Å². The number of aryl methyl sites for hydroxylation is 1. The molecule has 2 aromatic rings. The number of hydrogen-bond donors (Lipinski definition) is 1. The molecule has 2 aromatic carbocycles. The number of nitrogens with one attached hydrogen (secondary N) is 1. The molecule has 0 aliphatic rings. The number of benzene rings is 2. The number of carbonyl (C=O) groups excluding carboxylic acids is 2. The van der Waals surface area contributed by atoms with Crippen LogP contribution in [0.4, 0.5) is 0 Å². The SMILES string of the molecule is Cc1cccc(CC(=O)N(Cc2ccccc2)[C@H](C)C(=O)NC(C)C)c1. The second-order valence-corrected chi connectivity index (χ2v) is 7.01. The Morgan fingerprint density at radius 2 is 1.62 bits per heavy atom. The summed E-state index contributed by atoms with van der Waals surface area (Å²) < 4.78 is 0. The van der Waals surface area contributed by atoms with Crippen LogP contribution in [0.15, 0.2) is 54.6 Å². The van der Waals surface area contributed by atoms with E-state index in [1.54, 1.807) is 11.8 Å². The van der Waals surface area contributed by atoms with E-state index in [0.29, 0.717) is 6.54 Å². The molecule has 0 spiro atoms. The lowest BCUT2D eigenvalue weighted by Crippen LogP contribution is -2.49. The molecule has 2 rings (SSSR count). The maximum Gasteiger partial charge on any atom is 0.242 e. The highest BCUT2D eigenvalue weighted by Crippen LogP contribution is 2.13. The highest BCUT2D eigenvalue weighted by molar-refractivity contribution is 5.88. The molecule has 0 aromatic heterocycles. The van der Waals surface area contributed by atoms with Crippen molar-refractivity contribution in [2.75, 3.05) is 0 Å². The van der Waals surface area contributed by atoms with Crippen LogP contribution >= 0.6 is 0 Å². The predicted octanol–water partition coefficient (Wildman–Crippen LogP) is 3.48. The van der Waals surface area contributed by atoms with Crippen molar-refractivity contribution < 1.29 is 9.59 Å². The summed E-state index contributed by atoms with van der Waals surface area (Å²) in [5, 5.41) is 2.90. The van der Waals surface area contributed by atoms with Crippen LogP contribution in [0, 0.1) is 6.92 Å². The Morgan fingerprint density at radius 3 is 2.23 bits per heavy atom. The molecule has 0 unspecified atom stereocenters. The molecule has 1 N–H and O–H groups in total. The molecule has 0 saturated carbocycles. The van der Waals surface area contributed by atoms with Gasteiger partial charge in [-0.05, 0) is 38.8 Å². The lowest BCUT2D eigenvalue weighted by Gasteiger charge is -2.29. The summed E-state index contributed by atoms with van der Waals surface area (Å²) in [7, 11) is 0. The van der Waals surface area contributed by atoms with Gasteiger partial charge in [-0.15, -0.1) is 0 Å². The highest BCUT2D eigenvalue weighted by atomic mass is 16.2. The Kier molecular flexibility index (Phi) is 6.96. The molecule has 26 heavy (non-hydrogen) atoms. The Balaban J connectivity index is 2.20. The van der Waals surface area contributed by atoms with Crippen molar-refractivity contribution in [2.24, 2.45) is 0 Å². The molecule has 0 saturated heterocycles. The van der Waals surface area contributed by atoms with Crippen LogP contribution < -0.4 is 5.32 Å². The van der Waals surface area contributed by atoms with Crippen molar-refractivity contribution in [1.29, 1.82) is 0 Å². The zero-order valence-electron chi connectivity index (χ0n) is 16.0. The minimum atomic E-state index is -0.532. The van der Waals surface area contributed by atoms with E-state index in [1.165, 1.54) is 0 Å². The molecule has 0 aliphatic carbocycles. The molecule has 0 radical (unpaired) electrons. The molecule has 4 heteroatoms. The number of rotatable bonds is 7. The molecule has 0 fully saturated rings. The third-order valence-electron chi connectivity index (χ3n) is 4.23. The van der Waals surface area contributed by atoms with Crippen LogP contribution in [0.1, 0.15) is 37.5 Å². The first-order chi connectivity index (χ1) is 12.4. The maximum absolute atomic E-state index is 13.0. The van der Waals surface area contributed by atoms with Gasteiger partial charge in [0.25, 0.3) is 0 Å². The van der Waals surface area contributed by atoms with Gasteiger partial charge in [-0.1, -0.05) is 60.2 Å². The van der Waals surface area contributed by atoms with Crippen LogP contribution in [0.2, 0.25) is 0 Å². The van der Waals surface area contributed by atoms with Gasteiger partial charge in [0.1, 0.15) is 6.04 Å². The fourth-order valence-corrected chi connectivity index (χ4v) is 2.87. The fraction of sp³-hybridized carbons (Fsp3) is 0.364. The molecule has 138 valence electrons. The van der Waals surface area contributed by atoms with Crippen molar-refractivity contribution in [3.63, 3.8) is 0 Å². The first-order valence-corrected chi connectivity index (χ1v) is 9.06. The first-order valence-electron chi connectivity index (χ1n) is 9.06. The number of amides is 2. The van der Waals surface area contributed by atoms with E-state index in [0.717, 1.165) is 16.7 Å². The van der Waals surface area contributed by atoms with E-state index in [1.807, 2.05) is 75.4 Å². The molecular weight excluding hydrogens is 324 g/mol. The van der Waals surface area contributed by atoms with Crippen LogP contribution in [0.3, 0.4) is 0 Å². The van der Waals surface area contributed by atoms with E-state index in [-0.39, 0.29) is 24.3 Å². The summed E-state index contributed by atoms with van der Waals surface area (Å²) in [6.45, 7) is 8.04. The third kappa shape index (κ3) is 5.73. The second kappa shape index (κ2) is 9.18. The van der Waals surface area contributed by atoms with Crippen LogP contribution in [-0.4, -0.2) is 28.8 Å². The van der Waals surface area contributed by atoms with Crippen molar-refractivity contribution in [2.45, 2.75) is 52.7 Å². The Morgan fingerprint density at radius 1 is 0.962 bits per heavy atom. The van der Waals surface area contributed by atoms with E-state index in [2.05, 4.69) is 5.32 Å². The van der Waals surface area contributed by atoms with Gasteiger partial charge in [0.2, 0.25) is 11.8 Å². The molecule has 0 bridgehead atoms. The van der Waals surface area contributed by atoms with Gasteiger partial charge in [0.15, 0.2) is 0 Å². The van der Waals surface area contributed by atoms with Crippen LogP contribution in [0.5, 0.6) is 0 Å². The van der Waals surface area contributed by atoms with Crippen molar-refractivity contribution in [1.82, 2.24) is 10.2 Å². The number of carbonyl (C=O) groups is 2. The van der Waals surface area contributed by atoms with E-state index in [4.69, 9.17) is 0 Å². The number of hydrogen-bond acceptors (Lipinski definition) is 2. The van der Waals surface area contributed by atoms with Gasteiger partial charge < -0.3 is 10.2 Å². The van der Waals surface area contributed by atoms with Crippen LogP contribution in [0.25, 0.3) is 0 Å². The smallest absolute Gasteiger partial charge is 0.242 e. The molecule has 2 amide bonds. The lowest BCUT2D eigenvalue weighted by molar-refractivity contribution is -0.140. The van der Waals surface area contributed by atoms with Gasteiger partial charge >= 0.3 is 0 Å². The average molecular weight is 352 g/mol. The molecule has 4 nitrogen and oxygen atoms in total. The third-order valence-corrected chi connectivity index (χ3v) is 4.23. The second-order valence-electron chi connectivity index (χ2n) is 7.01. The minimum absolute atomic E-state index is 0.0374. The van der Waals surface area contributed by atoms with Gasteiger partial charge in [-0.2, -0.15) is 0 Å². The van der Waals surface area contributed by atoms with Crippen molar-refractivity contribution in [3.05, 3.63) is 71.3 Å². The van der Waals surface area contributed by atoms with Gasteiger partial charge in [0, 0.05) is 12.6 Å². The lowest BCUT2D eigenvalue weighted by atomic mass is 10.1. The summed E-state index contributed by atoms with van der Waals surface area (Å²) in [4.78, 5) is 27.2. The Hall–Kier alpha value is -2.62. The summed E-state index contributed by atoms with van der Waals surface area (Å²) >= 11 is 0. The molecule has 0 heterocycles. The molecule has 1 atom stereocenters. The normalized spacial score (nSPS) is 11.9. The van der Waals surface area contributed by atoms with Crippen LogP contribution in [-0.2, 0) is 22.6 Å². The predicted molar refractivity (Wildman–Crippen MR) is 105 cm³/mol. The first kappa shape index (κ1) is 19.7. The van der Waals surface area contributed by atoms with E-state index in [9.17, 15) is 9.59 Å². The summed E-state index contributed by atoms with van der Waals surface area (Å²) in [6, 6.07) is 17.2. The zero-order valence-corrected chi connectivity index (χ0v) is 16.0. The quantitative estimate of drug-likeness (QED) is 0.829. The zero-order chi connectivity index (χ0) is 19.1. The minimum Gasteiger partial charge on any atom is -0.352 e. The van der Waals surface area contributed by atoms with Gasteiger partial charge in [-0.3, -0.25) is 9.59 Å². The fourth-order valence-electron chi connectivity index (χ4n) is 2.87. The highest BCUT2D eigenvalue weighted by Gasteiger charge is 2.26. The number of nitrogens with zero attached hydrogens (tertiary/aromatic N) is 1. The average Bonchev–Trinajstić information content (AvgIpc) is 2.59. The monoisotopic (exact) mass is 352 g/mol. The largest absolute Gasteiger partial charge is 0.352 e. The summed E-state index contributed by atoms with van der Waals surface area (Å²) in [5.41, 5.74) is 3.09. The molecule has 0 aliphatic heterocycles.